The van der Waals surface area contributed by atoms with E-state index in [4.69, 9.17) is 4.98 Å². The number of aromatic nitrogens is 5. The molecule has 0 unspecified atom stereocenters. The molecule has 0 atom stereocenters. The predicted molar refractivity (Wildman–Crippen MR) is 177 cm³/mol. The Morgan fingerprint density at radius 2 is 1.09 bits per heavy atom. The van der Waals surface area contributed by atoms with Gasteiger partial charge in [0.2, 0.25) is 0 Å². The standard InChI is InChI=1S/C38H23N5/c1-3-9-24(10-4-1)42-33-14-8-7-13-27(33)28-15-16-29-31-21-30-26-17-18-39-23-32(26)38-40-19-20-41(38)34(30)22-35(31)43(37(29)36(28)42)25-11-5-2-6-12-25/h1-23H. The van der Waals surface area contributed by atoms with E-state index >= 15 is 0 Å². The Labute approximate surface area is 245 Å². The molecule has 5 aromatic carbocycles. The van der Waals surface area contributed by atoms with E-state index in [1.165, 1.54) is 43.5 Å². The van der Waals surface area contributed by atoms with Crippen molar-refractivity contribution in [3.05, 3.63) is 140 Å². The Balaban J connectivity index is 1.50. The summed E-state index contributed by atoms with van der Waals surface area (Å²) in [5.41, 5.74) is 9.08. The van der Waals surface area contributed by atoms with Crippen LogP contribution in [0.3, 0.4) is 0 Å². The molecule has 10 rings (SSSR count). The van der Waals surface area contributed by atoms with Gasteiger partial charge in [0.25, 0.3) is 0 Å². The first kappa shape index (κ1) is 22.7. The summed E-state index contributed by atoms with van der Waals surface area (Å²) in [6, 6.07) is 41.6. The lowest BCUT2D eigenvalue weighted by molar-refractivity contribution is 1.15. The normalized spacial score (nSPS) is 12.2. The maximum atomic E-state index is 4.72. The maximum Gasteiger partial charge on any atom is 0.146 e. The number of pyridine rings is 2. The molecular formula is C38H23N5. The minimum Gasteiger partial charge on any atom is -0.307 e. The van der Waals surface area contributed by atoms with Gasteiger partial charge in [0.05, 0.1) is 27.6 Å². The topological polar surface area (TPSA) is 40.1 Å². The van der Waals surface area contributed by atoms with Crippen LogP contribution in [0.2, 0.25) is 0 Å². The highest BCUT2D eigenvalue weighted by Crippen LogP contribution is 2.43. The van der Waals surface area contributed by atoms with Crippen LogP contribution in [0.25, 0.3) is 82.3 Å². The van der Waals surface area contributed by atoms with E-state index in [1.54, 1.807) is 0 Å². The zero-order valence-corrected chi connectivity index (χ0v) is 23.0. The molecule has 0 spiro atoms. The molecule has 5 heterocycles. The quantitative estimate of drug-likeness (QED) is 0.202. The van der Waals surface area contributed by atoms with Crippen LogP contribution >= 0.6 is 0 Å². The monoisotopic (exact) mass is 549 g/mol. The van der Waals surface area contributed by atoms with Gasteiger partial charge in [-0.2, -0.15) is 0 Å². The molecule has 10 aromatic rings. The Hall–Kier alpha value is -5.94. The van der Waals surface area contributed by atoms with Gasteiger partial charge >= 0.3 is 0 Å². The van der Waals surface area contributed by atoms with Gasteiger partial charge < -0.3 is 9.13 Å². The summed E-state index contributed by atoms with van der Waals surface area (Å²) < 4.78 is 7.08. The second kappa shape index (κ2) is 8.30. The molecule has 5 heteroatoms. The lowest BCUT2D eigenvalue weighted by Crippen LogP contribution is -1.98. The van der Waals surface area contributed by atoms with Gasteiger partial charge in [-0.3, -0.25) is 9.38 Å². The van der Waals surface area contributed by atoms with E-state index in [0.29, 0.717) is 0 Å². The van der Waals surface area contributed by atoms with E-state index in [2.05, 4.69) is 140 Å². The first-order chi connectivity index (χ1) is 21.4. The van der Waals surface area contributed by atoms with Crippen molar-refractivity contribution in [3.63, 3.8) is 0 Å². The number of benzene rings is 5. The van der Waals surface area contributed by atoms with E-state index in [1.807, 2.05) is 18.6 Å². The lowest BCUT2D eigenvalue weighted by atomic mass is 10.0. The second-order valence-electron chi connectivity index (χ2n) is 11.1. The third-order valence-corrected chi connectivity index (χ3v) is 8.96. The SMILES string of the molecule is c1ccc(-n2c3ccccc3c3ccc4c5cc6c7ccncc7c7nccn7c6cc5n(-c5ccccc5)c4c32)cc1. The van der Waals surface area contributed by atoms with E-state index < -0.39 is 0 Å². The van der Waals surface area contributed by atoms with Gasteiger partial charge in [-0.05, 0) is 53.9 Å². The zero-order chi connectivity index (χ0) is 28.1. The Bertz CT molecular complexity index is 2710. The Kier molecular flexibility index (Phi) is 4.39. The molecule has 0 saturated heterocycles. The third-order valence-electron chi connectivity index (χ3n) is 8.96. The highest BCUT2D eigenvalue weighted by molar-refractivity contribution is 6.26. The number of rotatable bonds is 2. The molecule has 0 radical (unpaired) electrons. The van der Waals surface area contributed by atoms with Crippen LogP contribution in [0, 0.1) is 0 Å². The van der Waals surface area contributed by atoms with Crippen molar-refractivity contribution in [1.29, 1.82) is 0 Å². The van der Waals surface area contributed by atoms with Gasteiger partial charge in [0.15, 0.2) is 0 Å². The summed E-state index contributed by atoms with van der Waals surface area (Å²) in [5, 5.41) is 8.33. The molecule has 0 fully saturated rings. The average molecular weight is 550 g/mol. The van der Waals surface area contributed by atoms with Crippen LogP contribution in [0.5, 0.6) is 0 Å². The highest BCUT2D eigenvalue weighted by atomic mass is 15.0. The van der Waals surface area contributed by atoms with Crippen molar-refractivity contribution in [1.82, 2.24) is 23.5 Å². The lowest BCUT2D eigenvalue weighted by Gasteiger charge is -2.13. The minimum absolute atomic E-state index is 0.920. The molecule has 5 aromatic heterocycles. The van der Waals surface area contributed by atoms with Crippen molar-refractivity contribution in [2.45, 2.75) is 0 Å². The molecule has 0 N–H and O–H groups in total. The predicted octanol–water partition coefficient (Wildman–Crippen LogP) is 9.23. The Morgan fingerprint density at radius 1 is 0.442 bits per heavy atom. The molecule has 0 aliphatic rings. The van der Waals surface area contributed by atoms with E-state index in [9.17, 15) is 0 Å². The van der Waals surface area contributed by atoms with Crippen LogP contribution in [0.4, 0.5) is 0 Å². The molecule has 0 aliphatic carbocycles. The molecule has 5 nitrogen and oxygen atoms in total. The van der Waals surface area contributed by atoms with Gasteiger partial charge in [0.1, 0.15) is 5.65 Å². The minimum atomic E-state index is 0.920. The molecule has 0 amide bonds. The number of imidazole rings is 1. The van der Waals surface area contributed by atoms with Gasteiger partial charge in [-0.15, -0.1) is 0 Å². The number of hydrogen-bond acceptors (Lipinski definition) is 2. The van der Waals surface area contributed by atoms with Crippen LogP contribution in [-0.4, -0.2) is 23.5 Å². The van der Waals surface area contributed by atoms with Crippen molar-refractivity contribution in [3.8, 4) is 11.4 Å². The summed E-state index contributed by atoms with van der Waals surface area (Å²) in [5.74, 6) is 0. The molecule has 0 bridgehead atoms. The van der Waals surface area contributed by atoms with E-state index in [0.717, 1.165) is 38.8 Å². The zero-order valence-electron chi connectivity index (χ0n) is 23.0. The highest BCUT2D eigenvalue weighted by Gasteiger charge is 2.22. The summed E-state index contributed by atoms with van der Waals surface area (Å²) >= 11 is 0. The van der Waals surface area contributed by atoms with Gasteiger partial charge in [0, 0.05) is 68.5 Å². The average Bonchev–Trinajstić information content (AvgIpc) is 3.78. The fourth-order valence-electron chi connectivity index (χ4n) is 7.19. The summed E-state index contributed by atoms with van der Waals surface area (Å²) in [7, 11) is 0. The van der Waals surface area contributed by atoms with Crippen molar-refractivity contribution < 1.29 is 0 Å². The number of para-hydroxylation sites is 3. The van der Waals surface area contributed by atoms with Crippen molar-refractivity contribution in [2.75, 3.05) is 0 Å². The molecule has 43 heavy (non-hydrogen) atoms. The van der Waals surface area contributed by atoms with Crippen LogP contribution < -0.4 is 0 Å². The van der Waals surface area contributed by atoms with Crippen LogP contribution in [-0.2, 0) is 0 Å². The fourth-order valence-corrected chi connectivity index (χ4v) is 7.19. The van der Waals surface area contributed by atoms with Crippen LogP contribution in [0.1, 0.15) is 0 Å². The third kappa shape index (κ3) is 2.95. The molecule has 0 saturated carbocycles. The second-order valence-corrected chi connectivity index (χ2v) is 11.1. The molecule has 0 aliphatic heterocycles. The summed E-state index contributed by atoms with van der Waals surface area (Å²) in [6.45, 7) is 0. The number of hydrogen-bond donors (Lipinski definition) is 0. The number of fused-ring (bicyclic) bond motifs is 13. The number of nitrogens with zero attached hydrogens (tertiary/aromatic N) is 5. The first-order valence-electron chi connectivity index (χ1n) is 14.5. The van der Waals surface area contributed by atoms with Crippen molar-refractivity contribution in [2.24, 2.45) is 0 Å². The fraction of sp³-hybridized carbons (Fsp3) is 0. The largest absolute Gasteiger partial charge is 0.307 e. The smallest absolute Gasteiger partial charge is 0.146 e. The first-order valence-corrected chi connectivity index (χ1v) is 14.5. The van der Waals surface area contributed by atoms with Gasteiger partial charge in [-0.1, -0.05) is 66.7 Å². The van der Waals surface area contributed by atoms with Crippen molar-refractivity contribution >= 4 is 70.9 Å². The molecular weight excluding hydrogens is 526 g/mol. The van der Waals surface area contributed by atoms with Gasteiger partial charge in [-0.25, -0.2) is 4.98 Å². The maximum absolute atomic E-state index is 4.72. The summed E-state index contributed by atoms with van der Waals surface area (Å²) in [6.07, 6.45) is 7.73. The Morgan fingerprint density at radius 3 is 1.86 bits per heavy atom. The molecule has 200 valence electrons. The van der Waals surface area contributed by atoms with Crippen LogP contribution in [0.15, 0.2) is 140 Å². The van der Waals surface area contributed by atoms with E-state index in [-0.39, 0.29) is 0 Å². The summed E-state index contributed by atoms with van der Waals surface area (Å²) in [4.78, 5) is 9.16.